The molecule has 0 radical (unpaired) electrons. The molecule has 2 aliphatic rings. The van der Waals surface area contributed by atoms with Gasteiger partial charge in [0.25, 0.3) is 0 Å². The fraction of sp³-hybridized carbons (Fsp3) is 0.538. The van der Waals surface area contributed by atoms with Crippen LogP contribution in [0.15, 0.2) is 24.3 Å². The van der Waals surface area contributed by atoms with Crippen LogP contribution < -0.4 is 4.74 Å². The van der Waals surface area contributed by atoms with Gasteiger partial charge in [-0.05, 0) is 6.07 Å². The van der Waals surface area contributed by atoms with E-state index in [9.17, 15) is 0 Å². The maximum Gasteiger partial charge on any atom is 0.212 e. The van der Waals surface area contributed by atoms with Gasteiger partial charge in [-0.25, -0.2) is 0 Å². The molecule has 0 amide bonds. The summed E-state index contributed by atoms with van der Waals surface area (Å²) in [6.07, 6.45) is -0.195. The van der Waals surface area contributed by atoms with E-state index >= 15 is 0 Å². The molecule has 0 aromatic heterocycles. The van der Waals surface area contributed by atoms with Gasteiger partial charge in [0.15, 0.2) is 0 Å². The van der Waals surface area contributed by atoms with Crippen LogP contribution in [-0.2, 0) is 16.0 Å². The molecule has 1 fully saturated rings. The van der Waals surface area contributed by atoms with Crippen molar-refractivity contribution in [2.75, 3.05) is 26.9 Å². The summed E-state index contributed by atoms with van der Waals surface area (Å²) < 4.78 is 16.5. The lowest BCUT2D eigenvalue weighted by Crippen LogP contribution is -2.51. The summed E-state index contributed by atoms with van der Waals surface area (Å²) in [4.78, 5) is 2.38. The van der Waals surface area contributed by atoms with Gasteiger partial charge in [-0.3, -0.25) is 4.90 Å². The molecule has 0 saturated carbocycles. The van der Waals surface area contributed by atoms with Gasteiger partial charge in [-0.1, -0.05) is 18.2 Å². The molecule has 4 nitrogen and oxygen atoms in total. The van der Waals surface area contributed by atoms with Crippen molar-refractivity contribution in [3.63, 3.8) is 0 Å². The van der Waals surface area contributed by atoms with Gasteiger partial charge < -0.3 is 14.2 Å². The lowest BCUT2D eigenvalue weighted by molar-refractivity contribution is -0.111. The Balaban J connectivity index is 1.85. The second-order valence-electron chi connectivity index (χ2n) is 4.51. The fourth-order valence-electron chi connectivity index (χ4n) is 2.24. The first-order chi connectivity index (χ1) is 8.36. The molecule has 1 saturated heterocycles. The molecule has 0 spiro atoms. The number of para-hydroxylation sites is 1. The van der Waals surface area contributed by atoms with Crippen molar-refractivity contribution in [3.8, 4) is 5.75 Å². The SMILES string of the molecule is COC1CN(C2COC2)Cc2ccccc2O1. The van der Waals surface area contributed by atoms with Crippen LogP contribution in [0.5, 0.6) is 5.75 Å². The maximum absolute atomic E-state index is 5.85. The number of nitrogens with zero attached hydrogens (tertiary/aromatic N) is 1. The Morgan fingerprint density at radius 3 is 2.82 bits per heavy atom. The third-order valence-corrected chi connectivity index (χ3v) is 3.39. The topological polar surface area (TPSA) is 30.9 Å². The normalized spacial score (nSPS) is 25.6. The Kier molecular flexibility index (Phi) is 3.01. The Morgan fingerprint density at radius 1 is 1.29 bits per heavy atom. The van der Waals surface area contributed by atoms with E-state index < -0.39 is 0 Å². The number of ether oxygens (including phenoxy) is 3. The molecule has 17 heavy (non-hydrogen) atoms. The summed E-state index contributed by atoms with van der Waals surface area (Å²) in [6, 6.07) is 8.66. The molecule has 3 rings (SSSR count). The highest BCUT2D eigenvalue weighted by atomic mass is 16.7. The number of methoxy groups -OCH3 is 1. The minimum atomic E-state index is -0.195. The average molecular weight is 235 g/mol. The molecule has 2 aliphatic heterocycles. The van der Waals surface area contributed by atoms with Crippen molar-refractivity contribution in [1.29, 1.82) is 0 Å². The van der Waals surface area contributed by atoms with Gasteiger partial charge >= 0.3 is 0 Å². The Labute approximate surface area is 101 Å². The molecule has 1 unspecified atom stereocenters. The number of hydrogen-bond donors (Lipinski definition) is 0. The zero-order valence-electron chi connectivity index (χ0n) is 9.96. The number of benzene rings is 1. The van der Waals surface area contributed by atoms with Crippen molar-refractivity contribution in [2.45, 2.75) is 18.9 Å². The number of fused-ring (bicyclic) bond motifs is 1. The van der Waals surface area contributed by atoms with E-state index in [2.05, 4.69) is 11.0 Å². The monoisotopic (exact) mass is 235 g/mol. The second-order valence-corrected chi connectivity index (χ2v) is 4.51. The molecular formula is C13H17NO3. The van der Waals surface area contributed by atoms with Crippen LogP contribution in [0.4, 0.5) is 0 Å². The highest BCUT2D eigenvalue weighted by molar-refractivity contribution is 5.34. The van der Waals surface area contributed by atoms with Crippen LogP contribution in [0.3, 0.4) is 0 Å². The first-order valence-corrected chi connectivity index (χ1v) is 5.96. The van der Waals surface area contributed by atoms with E-state index in [1.165, 1.54) is 5.56 Å². The molecule has 0 N–H and O–H groups in total. The summed E-state index contributed by atoms with van der Waals surface area (Å²) in [5.74, 6) is 0.932. The zero-order valence-corrected chi connectivity index (χ0v) is 9.96. The van der Waals surface area contributed by atoms with E-state index in [4.69, 9.17) is 14.2 Å². The molecule has 1 aromatic rings. The molecule has 0 aliphatic carbocycles. The highest BCUT2D eigenvalue weighted by Crippen LogP contribution is 2.27. The van der Waals surface area contributed by atoms with Crippen LogP contribution in [0.25, 0.3) is 0 Å². The molecular weight excluding hydrogens is 218 g/mol. The minimum absolute atomic E-state index is 0.195. The third kappa shape index (κ3) is 2.16. The summed E-state index contributed by atoms with van der Waals surface area (Å²) >= 11 is 0. The molecule has 1 atom stereocenters. The average Bonchev–Trinajstić information content (AvgIpc) is 2.45. The van der Waals surface area contributed by atoms with Crippen molar-refractivity contribution < 1.29 is 14.2 Å². The Morgan fingerprint density at radius 2 is 2.12 bits per heavy atom. The summed E-state index contributed by atoms with van der Waals surface area (Å²) in [7, 11) is 1.69. The quantitative estimate of drug-likeness (QED) is 0.772. The van der Waals surface area contributed by atoms with E-state index in [1.54, 1.807) is 7.11 Å². The van der Waals surface area contributed by atoms with Crippen LogP contribution in [-0.4, -0.2) is 44.1 Å². The second kappa shape index (κ2) is 4.64. The molecule has 2 heterocycles. The lowest BCUT2D eigenvalue weighted by atomic mass is 10.1. The summed E-state index contributed by atoms with van der Waals surface area (Å²) in [5.41, 5.74) is 1.22. The van der Waals surface area contributed by atoms with Gasteiger partial charge in [0.1, 0.15) is 5.75 Å². The lowest BCUT2D eigenvalue weighted by Gasteiger charge is -2.37. The predicted octanol–water partition coefficient (Wildman–Crippen LogP) is 1.25. The predicted molar refractivity (Wildman–Crippen MR) is 62.9 cm³/mol. The molecule has 92 valence electrons. The maximum atomic E-state index is 5.85. The molecule has 1 aromatic carbocycles. The standard InChI is InChI=1S/C13H17NO3/c1-15-13-7-14(11-8-16-9-11)6-10-4-2-3-5-12(10)17-13/h2-5,11,13H,6-9H2,1H3. The van der Waals surface area contributed by atoms with E-state index in [0.29, 0.717) is 6.04 Å². The van der Waals surface area contributed by atoms with Crippen molar-refractivity contribution in [2.24, 2.45) is 0 Å². The van der Waals surface area contributed by atoms with E-state index in [1.807, 2.05) is 18.2 Å². The third-order valence-electron chi connectivity index (χ3n) is 3.39. The highest BCUT2D eigenvalue weighted by Gasteiger charge is 2.31. The zero-order chi connectivity index (χ0) is 11.7. The van der Waals surface area contributed by atoms with Gasteiger partial charge in [0.05, 0.1) is 25.8 Å². The largest absolute Gasteiger partial charge is 0.463 e. The van der Waals surface area contributed by atoms with Gasteiger partial charge in [-0.2, -0.15) is 0 Å². The summed E-state index contributed by atoms with van der Waals surface area (Å²) in [6.45, 7) is 3.33. The summed E-state index contributed by atoms with van der Waals surface area (Å²) in [5, 5.41) is 0. The van der Waals surface area contributed by atoms with Crippen molar-refractivity contribution >= 4 is 0 Å². The first-order valence-electron chi connectivity index (χ1n) is 5.96. The van der Waals surface area contributed by atoms with Crippen molar-refractivity contribution in [1.82, 2.24) is 4.90 Å². The smallest absolute Gasteiger partial charge is 0.212 e. The first kappa shape index (κ1) is 11.0. The van der Waals surface area contributed by atoms with Gasteiger partial charge in [-0.15, -0.1) is 0 Å². The Bertz CT molecular complexity index is 392. The minimum Gasteiger partial charge on any atom is -0.463 e. The van der Waals surface area contributed by atoms with Crippen LogP contribution in [0.2, 0.25) is 0 Å². The van der Waals surface area contributed by atoms with Crippen LogP contribution in [0.1, 0.15) is 5.56 Å². The van der Waals surface area contributed by atoms with E-state index in [0.717, 1.165) is 32.1 Å². The number of hydrogen-bond acceptors (Lipinski definition) is 4. The van der Waals surface area contributed by atoms with Crippen LogP contribution >= 0.6 is 0 Å². The fourth-order valence-corrected chi connectivity index (χ4v) is 2.24. The Hall–Kier alpha value is -1.10. The molecule has 4 heteroatoms. The van der Waals surface area contributed by atoms with Gasteiger partial charge in [0.2, 0.25) is 6.29 Å². The molecule has 0 bridgehead atoms. The number of rotatable bonds is 2. The van der Waals surface area contributed by atoms with Crippen LogP contribution in [0, 0.1) is 0 Å². The van der Waals surface area contributed by atoms with Crippen molar-refractivity contribution in [3.05, 3.63) is 29.8 Å². The van der Waals surface area contributed by atoms with Gasteiger partial charge in [0, 0.05) is 19.2 Å². The van der Waals surface area contributed by atoms with E-state index in [-0.39, 0.29) is 6.29 Å².